The first-order valence-corrected chi connectivity index (χ1v) is 7.95. The quantitative estimate of drug-likeness (QED) is 0.416. The van der Waals surface area contributed by atoms with Crippen LogP contribution in [0.25, 0.3) is 21.7 Å². The highest BCUT2D eigenvalue weighted by Crippen LogP contribution is 2.17. The van der Waals surface area contributed by atoms with Crippen molar-refractivity contribution < 1.29 is 0 Å². The van der Waals surface area contributed by atoms with E-state index >= 15 is 0 Å². The van der Waals surface area contributed by atoms with Gasteiger partial charge in [-0.1, -0.05) is 54.6 Å². The predicted molar refractivity (Wildman–Crippen MR) is 102 cm³/mol. The maximum atomic E-state index is 4.57. The maximum Gasteiger partial charge on any atom is 0.146 e. The van der Waals surface area contributed by atoms with Crippen molar-refractivity contribution in [3.05, 3.63) is 84.4 Å². The van der Waals surface area contributed by atoms with E-state index in [1.807, 2.05) is 37.3 Å². The van der Waals surface area contributed by atoms with Crippen molar-refractivity contribution in [2.45, 2.75) is 6.92 Å². The monoisotopic (exact) mass is 311 g/mol. The Balaban J connectivity index is 1.61. The molecule has 0 atom stereocenters. The van der Waals surface area contributed by atoms with Gasteiger partial charge in [0.25, 0.3) is 0 Å². The summed E-state index contributed by atoms with van der Waals surface area (Å²) in [6.07, 6.45) is 0. The molecule has 4 aromatic rings. The fourth-order valence-electron chi connectivity index (χ4n) is 2.75. The van der Waals surface area contributed by atoms with Gasteiger partial charge >= 0.3 is 0 Å². The second kappa shape index (κ2) is 6.13. The third-order valence-electron chi connectivity index (χ3n) is 4.10. The van der Waals surface area contributed by atoms with E-state index in [9.17, 15) is 0 Å². The molecule has 3 heteroatoms. The number of pyridine rings is 1. The van der Waals surface area contributed by atoms with Gasteiger partial charge in [-0.15, -0.1) is 0 Å². The lowest BCUT2D eigenvalue weighted by Gasteiger charge is -2.06. The van der Waals surface area contributed by atoms with Crippen LogP contribution in [0.4, 0.5) is 5.82 Å². The summed E-state index contributed by atoms with van der Waals surface area (Å²) in [4.78, 5) is 4.57. The summed E-state index contributed by atoms with van der Waals surface area (Å²) in [5.41, 5.74) is 6.04. The standard InChI is InChI=1S/C21H17N3/c1-15(18-11-10-16-6-2-3-8-19(16)14-18)23-24-21-13-12-17-7-4-5-9-20(17)22-21/h2-14H,1H3,(H,22,24). The summed E-state index contributed by atoms with van der Waals surface area (Å²) in [5.74, 6) is 0.744. The van der Waals surface area contributed by atoms with E-state index in [1.54, 1.807) is 0 Å². The number of para-hydroxylation sites is 1. The van der Waals surface area contributed by atoms with E-state index in [0.29, 0.717) is 0 Å². The molecule has 0 saturated carbocycles. The second-order valence-electron chi connectivity index (χ2n) is 5.76. The summed E-state index contributed by atoms with van der Waals surface area (Å²) in [7, 11) is 0. The molecule has 0 aliphatic heterocycles. The van der Waals surface area contributed by atoms with Crippen LogP contribution in [-0.4, -0.2) is 10.7 Å². The van der Waals surface area contributed by atoms with Gasteiger partial charge in [0.05, 0.1) is 11.2 Å². The first kappa shape index (κ1) is 14.4. The molecule has 0 aliphatic carbocycles. The fraction of sp³-hybridized carbons (Fsp3) is 0.0476. The first-order chi connectivity index (χ1) is 11.8. The van der Waals surface area contributed by atoms with Crippen LogP contribution in [0.1, 0.15) is 12.5 Å². The van der Waals surface area contributed by atoms with Crippen molar-refractivity contribution in [3.8, 4) is 0 Å². The lowest BCUT2D eigenvalue weighted by molar-refractivity contribution is 1.25. The number of nitrogens with one attached hydrogen (secondary N) is 1. The van der Waals surface area contributed by atoms with Gasteiger partial charge in [-0.3, -0.25) is 5.43 Å². The zero-order chi connectivity index (χ0) is 16.4. The van der Waals surface area contributed by atoms with E-state index in [1.165, 1.54) is 10.8 Å². The molecular weight excluding hydrogens is 294 g/mol. The molecular formula is C21H17N3. The predicted octanol–water partition coefficient (Wildman–Crippen LogP) is 5.22. The van der Waals surface area contributed by atoms with Gasteiger partial charge in [0.15, 0.2) is 0 Å². The average Bonchev–Trinajstić information content (AvgIpc) is 2.65. The highest BCUT2D eigenvalue weighted by atomic mass is 15.3. The maximum absolute atomic E-state index is 4.57. The van der Waals surface area contributed by atoms with Crippen LogP contribution in [0, 0.1) is 0 Å². The Kier molecular flexibility index (Phi) is 3.67. The van der Waals surface area contributed by atoms with Gasteiger partial charge in [-0.2, -0.15) is 5.10 Å². The Labute approximate surface area is 140 Å². The molecule has 3 nitrogen and oxygen atoms in total. The molecule has 0 saturated heterocycles. The van der Waals surface area contributed by atoms with Crippen molar-refractivity contribution in [2.24, 2.45) is 5.10 Å². The Hall–Kier alpha value is -3.20. The van der Waals surface area contributed by atoms with Crippen molar-refractivity contribution in [2.75, 3.05) is 5.43 Å². The van der Waals surface area contributed by atoms with Gasteiger partial charge in [0.1, 0.15) is 5.82 Å². The molecule has 0 fully saturated rings. The molecule has 1 N–H and O–H groups in total. The van der Waals surface area contributed by atoms with Crippen LogP contribution in [0.5, 0.6) is 0 Å². The molecule has 4 rings (SSSR count). The number of benzene rings is 3. The number of hydrogen-bond donors (Lipinski definition) is 1. The molecule has 0 unspecified atom stereocenters. The number of hydrazone groups is 1. The Morgan fingerprint density at radius 1 is 0.792 bits per heavy atom. The fourth-order valence-corrected chi connectivity index (χ4v) is 2.75. The molecule has 0 bridgehead atoms. The van der Waals surface area contributed by atoms with E-state index in [4.69, 9.17) is 0 Å². The molecule has 0 radical (unpaired) electrons. The van der Waals surface area contributed by atoms with E-state index in [2.05, 4.69) is 64.0 Å². The SMILES string of the molecule is CC(=NNc1ccc2ccccc2n1)c1ccc2ccccc2c1. The molecule has 0 spiro atoms. The van der Waals surface area contributed by atoms with E-state index in [0.717, 1.165) is 28.0 Å². The van der Waals surface area contributed by atoms with Crippen molar-refractivity contribution in [1.82, 2.24) is 4.98 Å². The highest BCUT2D eigenvalue weighted by molar-refractivity contribution is 6.02. The molecule has 3 aromatic carbocycles. The molecule has 0 aliphatic rings. The normalized spacial score (nSPS) is 11.8. The number of nitrogens with zero attached hydrogens (tertiary/aromatic N) is 2. The molecule has 116 valence electrons. The Morgan fingerprint density at radius 3 is 2.38 bits per heavy atom. The smallest absolute Gasteiger partial charge is 0.146 e. The van der Waals surface area contributed by atoms with Crippen molar-refractivity contribution in [3.63, 3.8) is 0 Å². The minimum absolute atomic E-state index is 0.744. The van der Waals surface area contributed by atoms with Gasteiger partial charge < -0.3 is 0 Å². The van der Waals surface area contributed by atoms with Crippen molar-refractivity contribution >= 4 is 33.2 Å². The summed E-state index contributed by atoms with van der Waals surface area (Å²) in [5, 5.41) is 8.06. The highest BCUT2D eigenvalue weighted by Gasteiger charge is 2.01. The molecule has 24 heavy (non-hydrogen) atoms. The van der Waals surface area contributed by atoms with Crippen molar-refractivity contribution in [1.29, 1.82) is 0 Å². The molecule has 1 heterocycles. The summed E-state index contributed by atoms with van der Waals surface area (Å²) < 4.78 is 0. The van der Waals surface area contributed by atoms with Gasteiger partial charge in [0, 0.05) is 5.39 Å². The van der Waals surface area contributed by atoms with Crippen LogP contribution < -0.4 is 5.43 Å². The largest absolute Gasteiger partial charge is 0.261 e. The molecule has 0 amide bonds. The van der Waals surface area contributed by atoms with E-state index < -0.39 is 0 Å². The van der Waals surface area contributed by atoms with Crippen LogP contribution in [-0.2, 0) is 0 Å². The zero-order valence-electron chi connectivity index (χ0n) is 13.4. The number of rotatable bonds is 3. The van der Waals surface area contributed by atoms with Gasteiger partial charge in [-0.05, 0) is 47.5 Å². The number of anilines is 1. The zero-order valence-corrected chi connectivity index (χ0v) is 13.4. The lowest BCUT2D eigenvalue weighted by Crippen LogP contribution is -2.00. The number of hydrogen-bond acceptors (Lipinski definition) is 3. The van der Waals surface area contributed by atoms with Crippen LogP contribution in [0.15, 0.2) is 84.0 Å². The second-order valence-corrected chi connectivity index (χ2v) is 5.76. The lowest BCUT2D eigenvalue weighted by atomic mass is 10.0. The van der Waals surface area contributed by atoms with Crippen LogP contribution in [0.2, 0.25) is 0 Å². The summed E-state index contributed by atoms with van der Waals surface area (Å²) in [6.45, 7) is 2.00. The average molecular weight is 311 g/mol. The Bertz CT molecular complexity index is 1050. The number of aromatic nitrogens is 1. The minimum atomic E-state index is 0.744. The topological polar surface area (TPSA) is 37.3 Å². The third-order valence-corrected chi connectivity index (χ3v) is 4.10. The summed E-state index contributed by atoms with van der Waals surface area (Å²) >= 11 is 0. The Morgan fingerprint density at radius 2 is 1.50 bits per heavy atom. The number of fused-ring (bicyclic) bond motifs is 2. The first-order valence-electron chi connectivity index (χ1n) is 7.95. The summed E-state index contributed by atoms with van der Waals surface area (Å²) in [6, 6.07) is 26.8. The minimum Gasteiger partial charge on any atom is -0.261 e. The third kappa shape index (κ3) is 2.84. The van der Waals surface area contributed by atoms with Gasteiger partial charge in [0.2, 0.25) is 0 Å². The van der Waals surface area contributed by atoms with Crippen LogP contribution in [0.3, 0.4) is 0 Å². The van der Waals surface area contributed by atoms with Gasteiger partial charge in [-0.25, -0.2) is 4.98 Å². The van der Waals surface area contributed by atoms with Crippen LogP contribution >= 0.6 is 0 Å². The van der Waals surface area contributed by atoms with E-state index in [-0.39, 0.29) is 0 Å². The molecule has 1 aromatic heterocycles.